The third kappa shape index (κ3) is 2.20. The van der Waals surface area contributed by atoms with Crippen molar-refractivity contribution in [1.29, 1.82) is 0 Å². The highest BCUT2D eigenvalue weighted by molar-refractivity contribution is 5.62. The Hall–Kier alpha value is -1.88. The molecule has 0 aliphatic carbocycles. The van der Waals surface area contributed by atoms with Gasteiger partial charge < -0.3 is 15.4 Å². The van der Waals surface area contributed by atoms with Gasteiger partial charge in [0.05, 0.1) is 5.56 Å². The van der Waals surface area contributed by atoms with Crippen molar-refractivity contribution in [2.45, 2.75) is 12.8 Å². The summed E-state index contributed by atoms with van der Waals surface area (Å²) in [7, 11) is 0. The Balaban J connectivity index is 2.22. The maximum Gasteiger partial charge on any atom is 0.227 e. The lowest BCUT2D eigenvalue weighted by molar-refractivity contribution is 0.376. The summed E-state index contributed by atoms with van der Waals surface area (Å²) < 4.78 is 5.05. The van der Waals surface area contributed by atoms with Gasteiger partial charge in [0.2, 0.25) is 11.7 Å². The number of aromatic hydroxyl groups is 1. The topological polar surface area (TPSA) is 85.2 Å². The third-order valence-corrected chi connectivity index (χ3v) is 2.21. The second-order valence-electron chi connectivity index (χ2n) is 3.42. The largest absolute Gasteiger partial charge is 0.507 e. The van der Waals surface area contributed by atoms with Gasteiger partial charge in [-0.3, -0.25) is 0 Å². The fourth-order valence-electron chi connectivity index (χ4n) is 1.38. The number of phenols is 1. The molecule has 84 valence electrons. The molecule has 0 saturated carbocycles. The molecule has 2 rings (SSSR count). The maximum absolute atomic E-state index is 9.61. The van der Waals surface area contributed by atoms with Crippen LogP contribution < -0.4 is 5.73 Å². The van der Waals surface area contributed by atoms with Gasteiger partial charge in [0.1, 0.15) is 5.75 Å². The van der Waals surface area contributed by atoms with E-state index in [2.05, 4.69) is 10.1 Å². The van der Waals surface area contributed by atoms with Gasteiger partial charge in [-0.1, -0.05) is 17.3 Å². The summed E-state index contributed by atoms with van der Waals surface area (Å²) in [6.45, 7) is 0.592. The second-order valence-corrected chi connectivity index (χ2v) is 3.42. The molecule has 5 heteroatoms. The molecule has 1 heterocycles. The molecule has 0 atom stereocenters. The van der Waals surface area contributed by atoms with E-state index < -0.39 is 0 Å². The highest BCUT2D eigenvalue weighted by Crippen LogP contribution is 2.25. The Morgan fingerprint density at radius 2 is 2.12 bits per heavy atom. The van der Waals surface area contributed by atoms with E-state index in [1.54, 1.807) is 18.2 Å². The lowest BCUT2D eigenvalue weighted by Gasteiger charge is -1.96. The molecule has 0 aliphatic heterocycles. The van der Waals surface area contributed by atoms with Crippen molar-refractivity contribution in [3.8, 4) is 17.1 Å². The average Bonchev–Trinajstić information content (AvgIpc) is 2.75. The summed E-state index contributed by atoms with van der Waals surface area (Å²) in [5, 5.41) is 13.4. The van der Waals surface area contributed by atoms with Gasteiger partial charge in [-0.25, -0.2) is 0 Å². The summed E-state index contributed by atoms with van der Waals surface area (Å²) in [4.78, 5) is 4.19. The molecule has 1 aromatic heterocycles. The van der Waals surface area contributed by atoms with Gasteiger partial charge in [0, 0.05) is 6.42 Å². The van der Waals surface area contributed by atoms with Crippen LogP contribution in [-0.4, -0.2) is 21.8 Å². The van der Waals surface area contributed by atoms with Gasteiger partial charge in [-0.05, 0) is 25.1 Å². The van der Waals surface area contributed by atoms with E-state index in [-0.39, 0.29) is 5.75 Å². The smallest absolute Gasteiger partial charge is 0.227 e. The van der Waals surface area contributed by atoms with E-state index in [1.165, 1.54) is 0 Å². The van der Waals surface area contributed by atoms with Crippen LogP contribution >= 0.6 is 0 Å². The zero-order chi connectivity index (χ0) is 11.4. The van der Waals surface area contributed by atoms with Crippen molar-refractivity contribution in [2.24, 2.45) is 5.73 Å². The van der Waals surface area contributed by atoms with Crippen molar-refractivity contribution >= 4 is 0 Å². The molecule has 0 fully saturated rings. The first-order valence-electron chi connectivity index (χ1n) is 5.12. The molecule has 5 nitrogen and oxygen atoms in total. The lowest BCUT2D eigenvalue weighted by Crippen LogP contribution is -2.00. The van der Waals surface area contributed by atoms with Crippen LogP contribution in [0.4, 0.5) is 0 Å². The molecule has 0 saturated heterocycles. The van der Waals surface area contributed by atoms with Crippen LogP contribution in [0, 0.1) is 0 Å². The molecule has 0 unspecified atom stereocenters. The van der Waals surface area contributed by atoms with E-state index in [1.807, 2.05) is 6.07 Å². The zero-order valence-electron chi connectivity index (χ0n) is 8.76. The standard InChI is InChI=1S/C11H13N3O2/c12-7-3-6-10-13-11(14-16-10)8-4-1-2-5-9(8)15/h1-2,4-5,15H,3,6-7,12H2. The number of hydrogen-bond donors (Lipinski definition) is 2. The first kappa shape index (κ1) is 10.6. The highest BCUT2D eigenvalue weighted by atomic mass is 16.5. The number of aromatic nitrogens is 2. The van der Waals surface area contributed by atoms with Crippen LogP contribution in [0.5, 0.6) is 5.75 Å². The van der Waals surface area contributed by atoms with Gasteiger partial charge in [0.15, 0.2) is 0 Å². The lowest BCUT2D eigenvalue weighted by atomic mass is 10.2. The number of phenolic OH excluding ortho intramolecular Hbond substituents is 1. The summed E-state index contributed by atoms with van der Waals surface area (Å²) >= 11 is 0. The van der Waals surface area contributed by atoms with Crippen molar-refractivity contribution < 1.29 is 9.63 Å². The predicted octanol–water partition coefficient (Wildman–Crippen LogP) is 1.33. The van der Waals surface area contributed by atoms with Crippen LogP contribution in [0.2, 0.25) is 0 Å². The molecule has 0 spiro atoms. The van der Waals surface area contributed by atoms with E-state index >= 15 is 0 Å². The minimum atomic E-state index is 0.147. The van der Waals surface area contributed by atoms with Gasteiger partial charge in [0.25, 0.3) is 0 Å². The Morgan fingerprint density at radius 1 is 1.31 bits per heavy atom. The van der Waals surface area contributed by atoms with E-state index in [0.29, 0.717) is 30.2 Å². The number of hydrogen-bond acceptors (Lipinski definition) is 5. The minimum Gasteiger partial charge on any atom is -0.507 e. The normalized spacial score (nSPS) is 10.6. The third-order valence-electron chi connectivity index (χ3n) is 2.21. The van der Waals surface area contributed by atoms with Crippen molar-refractivity contribution in [3.05, 3.63) is 30.2 Å². The Kier molecular flexibility index (Phi) is 3.16. The number of nitrogens with zero attached hydrogens (tertiary/aromatic N) is 2. The molecule has 0 aliphatic rings. The van der Waals surface area contributed by atoms with Crippen molar-refractivity contribution in [2.75, 3.05) is 6.54 Å². The molecule has 0 bridgehead atoms. The number of aryl methyl sites for hydroxylation is 1. The number of para-hydroxylation sites is 1. The molecule has 16 heavy (non-hydrogen) atoms. The maximum atomic E-state index is 9.61. The summed E-state index contributed by atoms with van der Waals surface area (Å²) in [6, 6.07) is 6.89. The molecule has 1 aromatic carbocycles. The van der Waals surface area contributed by atoms with Crippen LogP contribution in [0.1, 0.15) is 12.3 Å². The van der Waals surface area contributed by atoms with Crippen molar-refractivity contribution in [3.63, 3.8) is 0 Å². The first-order valence-corrected chi connectivity index (χ1v) is 5.12. The Bertz CT molecular complexity index is 468. The molecule has 0 amide bonds. The van der Waals surface area contributed by atoms with Gasteiger partial charge in [-0.2, -0.15) is 4.98 Å². The minimum absolute atomic E-state index is 0.147. The monoisotopic (exact) mass is 219 g/mol. The highest BCUT2D eigenvalue weighted by Gasteiger charge is 2.11. The predicted molar refractivity (Wildman–Crippen MR) is 58.8 cm³/mol. The Morgan fingerprint density at radius 3 is 2.88 bits per heavy atom. The molecule has 0 radical (unpaired) electrons. The van der Waals surface area contributed by atoms with Crippen LogP contribution in [0.3, 0.4) is 0 Å². The molecular formula is C11H13N3O2. The van der Waals surface area contributed by atoms with Gasteiger partial charge in [-0.15, -0.1) is 0 Å². The van der Waals surface area contributed by atoms with Crippen molar-refractivity contribution in [1.82, 2.24) is 10.1 Å². The summed E-state index contributed by atoms with van der Waals surface area (Å²) in [6.07, 6.45) is 1.47. The molecule has 3 N–H and O–H groups in total. The first-order chi connectivity index (χ1) is 7.81. The average molecular weight is 219 g/mol. The summed E-state index contributed by atoms with van der Waals surface area (Å²) in [5.74, 6) is 1.10. The summed E-state index contributed by atoms with van der Waals surface area (Å²) in [5.41, 5.74) is 5.96. The van der Waals surface area contributed by atoms with Crippen LogP contribution in [-0.2, 0) is 6.42 Å². The van der Waals surface area contributed by atoms with Gasteiger partial charge >= 0.3 is 0 Å². The number of nitrogens with two attached hydrogens (primary N) is 1. The zero-order valence-corrected chi connectivity index (χ0v) is 8.76. The Labute approximate surface area is 92.9 Å². The SMILES string of the molecule is NCCCc1nc(-c2ccccc2O)no1. The van der Waals surface area contributed by atoms with E-state index in [4.69, 9.17) is 10.3 Å². The molecule has 2 aromatic rings. The van der Waals surface area contributed by atoms with Crippen LogP contribution in [0.15, 0.2) is 28.8 Å². The molecular weight excluding hydrogens is 206 g/mol. The fraction of sp³-hybridized carbons (Fsp3) is 0.273. The number of benzene rings is 1. The number of rotatable bonds is 4. The fourth-order valence-corrected chi connectivity index (χ4v) is 1.38. The second kappa shape index (κ2) is 4.76. The van der Waals surface area contributed by atoms with E-state index in [9.17, 15) is 5.11 Å². The quantitative estimate of drug-likeness (QED) is 0.810. The van der Waals surface area contributed by atoms with Crippen LogP contribution in [0.25, 0.3) is 11.4 Å². The van der Waals surface area contributed by atoms with E-state index in [0.717, 1.165) is 6.42 Å².